The number of benzene rings is 1. The minimum Gasteiger partial charge on any atom is -0.324 e. The molecule has 74 valence electrons. The van der Waals surface area contributed by atoms with Gasteiger partial charge < -0.3 is 4.57 Å². The van der Waals surface area contributed by atoms with Crippen molar-refractivity contribution in [3.8, 4) is 5.69 Å². The lowest BCUT2D eigenvalue weighted by Gasteiger charge is -2.02. The van der Waals surface area contributed by atoms with Crippen LogP contribution >= 0.6 is 0 Å². The highest BCUT2D eigenvalue weighted by Crippen LogP contribution is 2.04. The lowest BCUT2D eigenvalue weighted by molar-refractivity contribution is 1.06. The van der Waals surface area contributed by atoms with Gasteiger partial charge in [0, 0.05) is 18.1 Å². The topological polar surface area (TPSA) is 4.93 Å². The highest BCUT2D eigenvalue weighted by Gasteiger charge is 1.87. The molecule has 0 bridgehead atoms. The molecule has 1 aromatic heterocycles. The Hall–Kier alpha value is -2.02. The van der Waals surface area contributed by atoms with E-state index in [0.717, 1.165) is 5.69 Å². The zero-order valence-corrected chi connectivity index (χ0v) is 8.45. The normalized spacial score (nSPS) is 9.33. The second-order valence-corrected chi connectivity index (χ2v) is 3.20. The second-order valence-electron chi connectivity index (χ2n) is 3.20. The molecule has 1 heteroatoms. The van der Waals surface area contributed by atoms with Gasteiger partial charge in [0.05, 0.1) is 0 Å². The van der Waals surface area contributed by atoms with Crippen molar-refractivity contribution in [1.29, 1.82) is 0 Å². The third-order valence-corrected chi connectivity index (χ3v) is 2.10. The van der Waals surface area contributed by atoms with Gasteiger partial charge >= 0.3 is 0 Å². The first-order valence-electron chi connectivity index (χ1n) is 4.98. The summed E-state index contributed by atoms with van der Waals surface area (Å²) >= 11 is 0. The molecule has 0 atom stereocenters. The number of nitrogens with zero attached hydrogens (tertiary/aromatic N) is 1. The lowest BCUT2D eigenvalue weighted by Crippen LogP contribution is -1.89. The van der Waals surface area contributed by atoms with E-state index in [1.165, 1.54) is 0 Å². The monoisotopic (exact) mass is 195 g/mol. The van der Waals surface area contributed by atoms with Gasteiger partial charge in [-0.1, -0.05) is 42.5 Å². The van der Waals surface area contributed by atoms with Crippen LogP contribution in [0.2, 0.25) is 0 Å². The molecule has 15 heavy (non-hydrogen) atoms. The zero-order chi connectivity index (χ0) is 10.3. The van der Waals surface area contributed by atoms with Crippen LogP contribution in [0.15, 0.2) is 79.1 Å². The molecule has 0 aliphatic rings. The van der Waals surface area contributed by atoms with Crippen molar-refractivity contribution < 1.29 is 0 Å². The maximum absolute atomic E-state index is 2.08. The van der Waals surface area contributed by atoms with Gasteiger partial charge in [-0.3, -0.25) is 0 Å². The molecule has 0 aliphatic heterocycles. The Labute approximate surface area is 89.9 Å². The quantitative estimate of drug-likeness (QED) is 0.655. The van der Waals surface area contributed by atoms with Crippen molar-refractivity contribution in [2.24, 2.45) is 0 Å². The molecule has 0 saturated heterocycles. The van der Waals surface area contributed by atoms with Gasteiger partial charge in [-0.05, 0) is 24.3 Å². The van der Waals surface area contributed by atoms with Crippen LogP contribution in [0.25, 0.3) is 5.69 Å². The zero-order valence-electron chi connectivity index (χ0n) is 8.45. The van der Waals surface area contributed by atoms with E-state index in [1.807, 2.05) is 67.0 Å². The predicted molar refractivity (Wildman–Crippen MR) is 63.4 cm³/mol. The Morgan fingerprint density at radius 2 is 1.00 bits per heavy atom. The lowest BCUT2D eigenvalue weighted by atomic mass is 10.3. The first-order chi connectivity index (χ1) is 7.47. The van der Waals surface area contributed by atoms with Crippen LogP contribution in [-0.2, 0) is 0 Å². The summed E-state index contributed by atoms with van der Waals surface area (Å²) in [5.74, 6) is 0. The third kappa shape index (κ3) is 2.71. The largest absolute Gasteiger partial charge is 0.324 e. The Morgan fingerprint density at radius 1 is 0.533 bits per heavy atom. The summed E-state index contributed by atoms with van der Waals surface area (Å²) in [5.41, 5.74) is 1.16. The second kappa shape index (κ2) is 5.01. The molecule has 0 aliphatic carbocycles. The van der Waals surface area contributed by atoms with Crippen LogP contribution in [0.5, 0.6) is 0 Å². The van der Waals surface area contributed by atoms with Gasteiger partial charge in [0.1, 0.15) is 0 Å². The SMILES string of the molecule is c1ccccn(-c2ccccc2)ccc1. The van der Waals surface area contributed by atoms with Gasteiger partial charge in [0.15, 0.2) is 0 Å². The van der Waals surface area contributed by atoms with Crippen molar-refractivity contribution in [2.45, 2.75) is 0 Å². The van der Waals surface area contributed by atoms with E-state index >= 15 is 0 Å². The maximum Gasteiger partial charge on any atom is 0.0449 e. The summed E-state index contributed by atoms with van der Waals surface area (Å²) in [7, 11) is 0. The molecule has 0 N–H and O–H groups in total. The van der Waals surface area contributed by atoms with Crippen LogP contribution in [0, 0.1) is 0 Å². The fraction of sp³-hybridized carbons (Fsp3) is 0. The van der Waals surface area contributed by atoms with Crippen LogP contribution in [0.1, 0.15) is 0 Å². The van der Waals surface area contributed by atoms with E-state index in [1.54, 1.807) is 0 Å². The summed E-state index contributed by atoms with van der Waals surface area (Å²) in [6.45, 7) is 0. The number of aromatic nitrogens is 1. The first kappa shape index (κ1) is 9.53. The molecule has 2 rings (SSSR count). The Bertz CT molecular complexity index is 431. The molecule has 0 saturated carbocycles. The fourth-order valence-corrected chi connectivity index (χ4v) is 1.36. The molecule has 0 amide bonds. The molecule has 0 unspecified atom stereocenters. The van der Waals surface area contributed by atoms with E-state index in [4.69, 9.17) is 0 Å². The summed E-state index contributed by atoms with van der Waals surface area (Å²) < 4.78 is 2.08. The number of rotatable bonds is 1. The highest BCUT2D eigenvalue weighted by atomic mass is 14.9. The summed E-state index contributed by atoms with van der Waals surface area (Å²) in [6.07, 6.45) is 4.07. The van der Waals surface area contributed by atoms with Crippen molar-refractivity contribution in [2.75, 3.05) is 0 Å². The van der Waals surface area contributed by atoms with Crippen LogP contribution in [0.3, 0.4) is 0 Å². The maximum atomic E-state index is 2.08. The molecule has 1 heterocycles. The van der Waals surface area contributed by atoms with Gasteiger partial charge in [-0.2, -0.15) is 0 Å². The van der Waals surface area contributed by atoms with E-state index in [9.17, 15) is 0 Å². The van der Waals surface area contributed by atoms with E-state index in [-0.39, 0.29) is 0 Å². The van der Waals surface area contributed by atoms with Gasteiger partial charge in [-0.25, -0.2) is 0 Å². The van der Waals surface area contributed by atoms with E-state index in [2.05, 4.69) is 16.7 Å². The molecule has 1 aromatic carbocycles. The molecular formula is C14H13N. The Balaban J connectivity index is 2.51. The Morgan fingerprint density at radius 3 is 1.60 bits per heavy atom. The molecule has 2 aromatic rings. The van der Waals surface area contributed by atoms with Crippen molar-refractivity contribution in [3.63, 3.8) is 0 Å². The van der Waals surface area contributed by atoms with Gasteiger partial charge in [0.2, 0.25) is 0 Å². The van der Waals surface area contributed by atoms with Crippen LogP contribution in [0.4, 0.5) is 0 Å². The minimum absolute atomic E-state index is 1.16. The smallest absolute Gasteiger partial charge is 0.0449 e. The van der Waals surface area contributed by atoms with Crippen LogP contribution < -0.4 is 0 Å². The summed E-state index contributed by atoms with van der Waals surface area (Å²) in [4.78, 5) is 0. The van der Waals surface area contributed by atoms with Crippen molar-refractivity contribution >= 4 is 0 Å². The standard InChI is InChI=1S/C14H13N/c1-2-4-9-13-15(12-8-3-1)14-10-6-5-7-11-14/h1-13H. The van der Waals surface area contributed by atoms with Gasteiger partial charge in [0.25, 0.3) is 0 Å². The summed E-state index contributed by atoms with van der Waals surface area (Å²) in [6, 6.07) is 22.3. The van der Waals surface area contributed by atoms with E-state index in [0.29, 0.717) is 0 Å². The molecule has 0 radical (unpaired) electrons. The van der Waals surface area contributed by atoms with E-state index < -0.39 is 0 Å². The number of para-hydroxylation sites is 1. The molecular weight excluding hydrogens is 182 g/mol. The third-order valence-electron chi connectivity index (χ3n) is 2.10. The highest BCUT2D eigenvalue weighted by molar-refractivity contribution is 5.30. The fourth-order valence-electron chi connectivity index (χ4n) is 1.36. The molecule has 0 fully saturated rings. The number of hydrogen-bond donors (Lipinski definition) is 0. The molecule has 1 nitrogen and oxygen atoms in total. The number of hydrogen-bond acceptors (Lipinski definition) is 0. The minimum atomic E-state index is 1.16. The molecule has 0 spiro atoms. The van der Waals surface area contributed by atoms with Crippen molar-refractivity contribution in [3.05, 3.63) is 79.1 Å². The average molecular weight is 195 g/mol. The van der Waals surface area contributed by atoms with Gasteiger partial charge in [-0.15, -0.1) is 0 Å². The van der Waals surface area contributed by atoms with Crippen LogP contribution in [-0.4, -0.2) is 4.57 Å². The Kier molecular flexibility index (Phi) is 3.18. The predicted octanol–water partition coefficient (Wildman–Crippen LogP) is 3.60. The average Bonchev–Trinajstić information content (AvgIpc) is 2.43. The first-order valence-corrected chi connectivity index (χ1v) is 4.98. The summed E-state index contributed by atoms with van der Waals surface area (Å²) in [5, 5.41) is 0. The van der Waals surface area contributed by atoms with Crippen molar-refractivity contribution in [1.82, 2.24) is 4.57 Å².